The van der Waals surface area contributed by atoms with Crippen LogP contribution in [-0.4, -0.2) is 15.0 Å². The highest BCUT2D eigenvalue weighted by Crippen LogP contribution is 2.55. The van der Waals surface area contributed by atoms with Gasteiger partial charge in [-0.25, -0.2) is 0 Å². The number of rotatable bonds is 6. The molecule has 0 fully saturated rings. The fourth-order valence-corrected chi connectivity index (χ4v) is 12.9. The molecule has 9 nitrogen and oxygen atoms in total. The SMILES string of the molecule is C1=CC2=C(CC1)N(c1cccc3ccccc13)c1ccccc1N2c1nc(N2C3=C(CCC=C3)N(c3cccc4ccccc34)c3ccccc32)nc(N2C3=C(CCC=C3)N(c3cccc4ccccc34)c3ccccc32)n1. The van der Waals surface area contributed by atoms with Crippen LogP contribution < -0.4 is 29.4 Å². The molecule has 16 rings (SSSR count). The molecule has 1 aromatic heterocycles. The molecule has 6 aliphatic rings. The van der Waals surface area contributed by atoms with Gasteiger partial charge in [-0.05, 0) is 128 Å². The van der Waals surface area contributed by atoms with E-state index >= 15 is 0 Å². The molecule has 0 radical (unpaired) electrons. The fraction of sp³-hybridized carbons (Fsp3) is 0.0870. The van der Waals surface area contributed by atoms with Crippen molar-refractivity contribution in [3.8, 4) is 0 Å². The second-order valence-corrected chi connectivity index (χ2v) is 20.5. The number of para-hydroxylation sites is 6. The zero-order chi connectivity index (χ0) is 51.3. The summed E-state index contributed by atoms with van der Waals surface area (Å²) < 4.78 is 0. The van der Waals surface area contributed by atoms with E-state index < -0.39 is 0 Å². The van der Waals surface area contributed by atoms with Gasteiger partial charge in [0.2, 0.25) is 17.8 Å². The topological polar surface area (TPSA) is 58.1 Å². The third-order valence-corrected chi connectivity index (χ3v) is 16.2. The van der Waals surface area contributed by atoms with Gasteiger partial charge in [0, 0.05) is 33.2 Å². The molecule has 0 atom stereocenters. The molecule has 9 heteroatoms. The minimum atomic E-state index is 0.533. The molecule has 0 saturated heterocycles. The Morgan fingerprint density at radius 3 is 0.795 bits per heavy atom. The lowest BCUT2D eigenvalue weighted by Crippen LogP contribution is -2.36. The van der Waals surface area contributed by atoms with Gasteiger partial charge < -0.3 is 14.7 Å². The van der Waals surface area contributed by atoms with Crippen molar-refractivity contribution in [3.05, 3.63) is 271 Å². The van der Waals surface area contributed by atoms with Gasteiger partial charge in [0.05, 0.1) is 68.3 Å². The Bertz CT molecular complexity index is 3880. The predicted molar refractivity (Wildman–Crippen MR) is 320 cm³/mol. The minimum absolute atomic E-state index is 0.533. The molecule has 3 aliphatic heterocycles. The third kappa shape index (κ3) is 6.77. The van der Waals surface area contributed by atoms with Crippen LogP contribution in [0.4, 0.5) is 69.0 Å². The van der Waals surface area contributed by atoms with Gasteiger partial charge in [-0.15, -0.1) is 0 Å². The zero-order valence-corrected chi connectivity index (χ0v) is 42.8. The average Bonchev–Trinajstić information content (AvgIpc) is 3.66. The van der Waals surface area contributed by atoms with Crippen LogP contribution in [-0.2, 0) is 0 Å². The Labute approximate surface area is 452 Å². The van der Waals surface area contributed by atoms with E-state index in [2.05, 4.69) is 266 Å². The highest BCUT2D eigenvalue weighted by Gasteiger charge is 2.40. The molecule has 78 heavy (non-hydrogen) atoms. The number of aromatic nitrogens is 3. The maximum atomic E-state index is 5.79. The fourth-order valence-electron chi connectivity index (χ4n) is 12.9. The molecule has 372 valence electrons. The van der Waals surface area contributed by atoms with Crippen LogP contribution in [0.1, 0.15) is 38.5 Å². The highest BCUT2D eigenvalue weighted by atomic mass is 15.4. The van der Waals surface area contributed by atoms with Crippen LogP contribution in [0.25, 0.3) is 32.3 Å². The summed E-state index contributed by atoms with van der Waals surface area (Å²) in [6.45, 7) is 0. The molecular weight excluding hydrogens is 955 g/mol. The van der Waals surface area contributed by atoms with Crippen LogP contribution in [0.5, 0.6) is 0 Å². The van der Waals surface area contributed by atoms with Gasteiger partial charge in [0.25, 0.3) is 0 Å². The van der Waals surface area contributed by atoms with Crippen molar-refractivity contribution in [2.24, 2.45) is 0 Å². The lowest BCUT2D eigenvalue weighted by Gasteiger charge is -2.44. The zero-order valence-electron chi connectivity index (χ0n) is 42.8. The van der Waals surface area contributed by atoms with Crippen molar-refractivity contribution in [2.45, 2.75) is 38.5 Å². The number of hydrogen-bond acceptors (Lipinski definition) is 9. The summed E-state index contributed by atoms with van der Waals surface area (Å²) in [5.74, 6) is 1.60. The molecule has 9 aromatic carbocycles. The van der Waals surface area contributed by atoms with Crippen molar-refractivity contribution >= 4 is 101 Å². The first-order valence-electron chi connectivity index (χ1n) is 27.2. The summed E-state index contributed by atoms with van der Waals surface area (Å²) >= 11 is 0. The number of hydrogen-bond donors (Lipinski definition) is 0. The molecule has 4 heterocycles. The summed E-state index contributed by atoms with van der Waals surface area (Å²) in [4.78, 5) is 31.7. The second-order valence-electron chi connectivity index (χ2n) is 20.5. The molecular formula is C69H51N9. The van der Waals surface area contributed by atoms with Crippen LogP contribution in [0.15, 0.2) is 271 Å². The first-order chi connectivity index (χ1) is 38.7. The Morgan fingerprint density at radius 1 is 0.244 bits per heavy atom. The standard InChI is InChI=1S/C69H51N9/c1-4-28-49-46(22-1)25-19-43-52(49)73-55-31-7-13-37-61(55)76(62-38-14-8-32-56(62)73)67-70-68(77-63-39-15-9-33-57(63)74(58-34-10-16-40-64(58)77)53-44-20-26-47-23-2-5-29-50(47)53)72-69(71-67)78-65-41-17-11-35-59(65)75(60-36-12-18-42-66(60)78)54-45-21-27-48-24-3-6-30-51(48)54/h1-7,9,11,13-31,33,35,37-45H,8,10,12,32,34,36H2. The number of benzene rings is 9. The molecule has 0 spiro atoms. The van der Waals surface area contributed by atoms with Crippen LogP contribution in [0.2, 0.25) is 0 Å². The first kappa shape index (κ1) is 44.3. The van der Waals surface area contributed by atoms with Crippen molar-refractivity contribution in [2.75, 3.05) is 29.4 Å². The lowest BCUT2D eigenvalue weighted by atomic mass is 9.98. The first-order valence-corrected chi connectivity index (χ1v) is 27.2. The molecule has 0 bridgehead atoms. The molecule has 0 saturated carbocycles. The smallest absolute Gasteiger partial charge is 0.241 e. The molecule has 3 aliphatic carbocycles. The summed E-state index contributed by atoms with van der Waals surface area (Å²) in [6, 6.07) is 72.3. The minimum Gasteiger partial charge on any atom is -0.309 e. The van der Waals surface area contributed by atoms with Crippen molar-refractivity contribution in [3.63, 3.8) is 0 Å². The molecule has 0 N–H and O–H groups in total. The molecule has 10 aromatic rings. The van der Waals surface area contributed by atoms with E-state index in [1.54, 1.807) is 0 Å². The number of nitrogens with zero attached hydrogens (tertiary/aromatic N) is 9. The summed E-state index contributed by atoms with van der Waals surface area (Å²) in [6.07, 6.45) is 18.9. The van der Waals surface area contributed by atoms with Crippen molar-refractivity contribution in [1.29, 1.82) is 0 Å². The maximum Gasteiger partial charge on any atom is 0.241 e. The Balaban J connectivity index is 0.962. The lowest BCUT2D eigenvalue weighted by molar-refractivity contribution is 0.830. The average molecular weight is 1010 g/mol. The normalized spacial score (nSPS) is 16.5. The number of anilines is 12. The van der Waals surface area contributed by atoms with Crippen molar-refractivity contribution in [1.82, 2.24) is 15.0 Å². The monoisotopic (exact) mass is 1010 g/mol. The number of fused-ring (bicyclic) bond motifs is 6. The van der Waals surface area contributed by atoms with E-state index in [1.807, 2.05) is 0 Å². The molecule has 0 unspecified atom stereocenters. The summed E-state index contributed by atoms with van der Waals surface area (Å²) in [5.41, 5.74) is 16.3. The Morgan fingerprint density at radius 2 is 0.487 bits per heavy atom. The van der Waals surface area contributed by atoms with Gasteiger partial charge in [0.1, 0.15) is 0 Å². The largest absolute Gasteiger partial charge is 0.309 e. The van der Waals surface area contributed by atoms with Gasteiger partial charge in [0.15, 0.2) is 0 Å². The second kappa shape index (κ2) is 17.8. The van der Waals surface area contributed by atoms with Gasteiger partial charge >= 0.3 is 0 Å². The predicted octanol–water partition coefficient (Wildman–Crippen LogP) is 17.9. The summed E-state index contributed by atoms with van der Waals surface area (Å²) in [5, 5.41) is 7.21. The van der Waals surface area contributed by atoms with E-state index in [0.29, 0.717) is 17.8 Å². The van der Waals surface area contributed by atoms with E-state index in [1.165, 1.54) is 49.4 Å². The quantitative estimate of drug-likeness (QED) is 0.162. The Hall–Kier alpha value is -9.99. The van der Waals surface area contributed by atoms with E-state index in [0.717, 1.165) is 107 Å². The van der Waals surface area contributed by atoms with E-state index in [-0.39, 0.29) is 0 Å². The van der Waals surface area contributed by atoms with Crippen molar-refractivity contribution < 1.29 is 0 Å². The van der Waals surface area contributed by atoms with E-state index in [4.69, 9.17) is 15.0 Å². The Kier molecular flexibility index (Phi) is 10.1. The van der Waals surface area contributed by atoms with Crippen LogP contribution >= 0.6 is 0 Å². The maximum absolute atomic E-state index is 5.79. The molecule has 0 amide bonds. The highest BCUT2D eigenvalue weighted by molar-refractivity contribution is 6.04. The van der Waals surface area contributed by atoms with E-state index in [9.17, 15) is 0 Å². The van der Waals surface area contributed by atoms with Crippen LogP contribution in [0.3, 0.4) is 0 Å². The summed E-state index contributed by atoms with van der Waals surface area (Å²) in [7, 11) is 0. The van der Waals surface area contributed by atoms with Gasteiger partial charge in [-0.1, -0.05) is 164 Å². The van der Waals surface area contributed by atoms with Crippen LogP contribution in [0, 0.1) is 0 Å². The third-order valence-electron chi connectivity index (χ3n) is 16.2. The van der Waals surface area contributed by atoms with Gasteiger partial charge in [-0.2, -0.15) is 15.0 Å². The van der Waals surface area contributed by atoms with Gasteiger partial charge in [-0.3, -0.25) is 14.7 Å². The number of allylic oxidation sites excluding steroid dienone is 9.